The molecule has 3 nitrogen and oxygen atoms in total. The SMILES string of the molecule is COc1ccccc1-n1cc(-c2ccc(C)cc2)cn1. The second-order valence-corrected chi connectivity index (χ2v) is 4.71. The van der Waals surface area contributed by atoms with Crippen molar-refractivity contribution in [3.8, 4) is 22.6 Å². The topological polar surface area (TPSA) is 27.1 Å². The molecule has 0 amide bonds. The molecule has 0 radical (unpaired) electrons. The van der Waals surface area contributed by atoms with E-state index in [9.17, 15) is 0 Å². The Morgan fingerprint density at radius 2 is 1.70 bits per heavy atom. The number of ether oxygens (including phenoxy) is 1. The van der Waals surface area contributed by atoms with E-state index in [0.717, 1.165) is 22.6 Å². The average Bonchev–Trinajstić information content (AvgIpc) is 2.97. The van der Waals surface area contributed by atoms with Crippen LogP contribution in [0.15, 0.2) is 60.9 Å². The summed E-state index contributed by atoms with van der Waals surface area (Å²) in [5, 5.41) is 4.43. The predicted octanol–water partition coefficient (Wildman–Crippen LogP) is 3.86. The standard InChI is InChI=1S/C17H16N2O/c1-13-7-9-14(10-8-13)15-11-18-19(12-15)16-5-3-4-6-17(16)20-2/h3-12H,1-2H3. The highest BCUT2D eigenvalue weighted by molar-refractivity contribution is 5.63. The van der Waals surface area contributed by atoms with Crippen LogP contribution in [0.2, 0.25) is 0 Å². The van der Waals surface area contributed by atoms with Crippen LogP contribution in [-0.4, -0.2) is 16.9 Å². The summed E-state index contributed by atoms with van der Waals surface area (Å²) in [7, 11) is 1.67. The minimum atomic E-state index is 0.811. The number of benzene rings is 2. The lowest BCUT2D eigenvalue weighted by molar-refractivity contribution is 0.411. The summed E-state index contributed by atoms with van der Waals surface area (Å²) in [5.41, 5.74) is 4.45. The zero-order valence-electron chi connectivity index (χ0n) is 11.6. The molecule has 0 spiro atoms. The first-order valence-electron chi connectivity index (χ1n) is 6.53. The molecule has 3 aromatic rings. The van der Waals surface area contributed by atoms with Crippen LogP contribution in [0.25, 0.3) is 16.8 Å². The number of methoxy groups -OCH3 is 1. The van der Waals surface area contributed by atoms with Gasteiger partial charge in [0.05, 0.1) is 13.3 Å². The molecule has 0 bridgehead atoms. The molecule has 0 unspecified atom stereocenters. The molecule has 1 aromatic heterocycles. The van der Waals surface area contributed by atoms with E-state index in [1.54, 1.807) is 7.11 Å². The number of aryl methyl sites for hydroxylation is 1. The Balaban J connectivity index is 2.00. The van der Waals surface area contributed by atoms with Gasteiger partial charge in [0.25, 0.3) is 0 Å². The van der Waals surface area contributed by atoms with Gasteiger partial charge in [-0.1, -0.05) is 42.0 Å². The fourth-order valence-electron chi connectivity index (χ4n) is 2.17. The minimum absolute atomic E-state index is 0.811. The first kappa shape index (κ1) is 12.5. The quantitative estimate of drug-likeness (QED) is 0.718. The van der Waals surface area contributed by atoms with Gasteiger partial charge < -0.3 is 4.74 Å². The molecule has 0 atom stereocenters. The van der Waals surface area contributed by atoms with Crippen LogP contribution >= 0.6 is 0 Å². The number of hydrogen-bond acceptors (Lipinski definition) is 2. The molecule has 0 N–H and O–H groups in total. The van der Waals surface area contributed by atoms with Gasteiger partial charge in [-0.2, -0.15) is 5.10 Å². The monoisotopic (exact) mass is 264 g/mol. The number of nitrogens with zero attached hydrogens (tertiary/aromatic N) is 2. The molecular weight excluding hydrogens is 248 g/mol. The maximum Gasteiger partial charge on any atom is 0.144 e. The highest BCUT2D eigenvalue weighted by Gasteiger charge is 2.07. The zero-order valence-corrected chi connectivity index (χ0v) is 11.6. The van der Waals surface area contributed by atoms with E-state index in [1.165, 1.54) is 5.56 Å². The van der Waals surface area contributed by atoms with Crippen LogP contribution in [0.4, 0.5) is 0 Å². The fraction of sp³-hybridized carbons (Fsp3) is 0.118. The Bertz CT molecular complexity index is 714. The maximum atomic E-state index is 5.37. The molecule has 0 aliphatic carbocycles. The Labute approximate surface area is 118 Å². The van der Waals surface area contributed by atoms with Crippen molar-refractivity contribution in [3.63, 3.8) is 0 Å². The van der Waals surface area contributed by atoms with Crippen molar-refractivity contribution in [2.45, 2.75) is 6.92 Å². The van der Waals surface area contributed by atoms with Crippen molar-refractivity contribution >= 4 is 0 Å². The maximum absolute atomic E-state index is 5.37. The van der Waals surface area contributed by atoms with Crippen molar-refractivity contribution in [2.75, 3.05) is 7.11 Å². The van der Waals surface area contributed by atoms with Gasteiger partial charge in [-0.15, -0.1) is 0 Å². The smallest absolute Gasteiger partial charge is 0.144 e. The average molecular weight is 264 g/mol. The van der Waals surface area contributed by atoms with Gasteiger partial charge in [-0.3, -0.25) is 0 Å². The van der Waals surface area contributed by atoms with Crippen LogP contribution in [0.5, 0.6) is 5.75 Å². The van der Waals surface area contributed by atoms with Crippen LogP contribution in [-0.2, 0) is 0 Å². The second kappa shape index (κ2) is 5.21. The van der Waals surface area contributed by atoms with Gasteiger partial charge in [-0.25, -0.2) is 4.68 Å². The van der Waals surface area contributed by atoms with Crippen LogP contribution < -0.4 is 4.74 Å². The normalized spacial score (nSPS) is 10.5. The lowest BCUT2D eigenvalue weighted by atomic mass is 10.1. The predicted molar refractivity (Wildman–Crippen MR) is 80.3 cm³/mol. The van der Waals surface area contributed by atoms with Crippen molar-refractivity contribution in [3.05, 3.63) is 66.5 Å². The van der Waals surface area contributed by atoms with Crippen LogP contribution in [0.1, 0.15) is 5.56 Å². The third-order valence-corrected chi connectivity index (χ3v) is 3.30. The van der Waals surface area contributed by atoms with Crippen molar-refractivity contribution in [1.29, 1.82) is 0 Å². The highest BCUT2D eigenvalue weighted by Crippen LogP contribution is 2.25. The van der Waals surface area contributed by atoms with Gasteiger partial charge in [-0.05, 0) is 24.6 Å². The summed E-state index contributed by atoms with van der Waals surface area (Å²) in [6, 6.07) is 16.3. The number of para-hydroxylation sites is 2. The highest BCUT2D eigenvalue weighted by atomic mass is 16.5. The third kappa shape index (κ3) is 2.30. The Morgan fingerprint density at radius 3 is 2.45 bits per heavy atom. The first-order valence-corrected chi connectivity index (χ1v) is 6.53. The number of hydrogen-bond donors (Lipinski definition) is 0. The summed E-state index contributed by atoms with van der Waals surface area (Å²) in [6.07, 6.45) is 3.89. The van der Waals surface area contributed by atoms with Gasteiger partial charge in [0.1, 0.15) is 11.4 Å². The van der Waals surface area contributed by atoms with E-state index >= 15 is 0 Å². The number of aromatic nitrogens is 2. The summed E-state index contributed by atoms with van der Waals surface area (Å²) in [5.74, 6) is 0.811. The van der Waals surface area contributed by atoms with Gasteiger partial charge in [0, 0.05) is 11.8 Å². The van der Waals surface area contributed by atoms with E-state index < -0.39 is 0 Å². The number of rotatable bonds is 3. The van der Waals surface area contributed by atoms with Gasteiger partial charge in [0.15, 0.2) is 0 Å². The van der Waals surface area contributed by atoms with Crippen LogP contribution in [0.3, 0.4) is 0 Å². The van der Waals surface area contributed by atoms with E-state index in [4.69, 9.17) is 4.74 Å². The molecule has 0 saturated carbocycles. The fourth-order valence-corrected chi connectivity index (χ4v) is 2.17. The van der Waals surface area contributed by atoms with Gasteiger partial charge >= 0.3 is 0 Å². The molecule has 0 aliphatic heterocycles. The summed E-state index contributed by atoms with van der Waals surface area (Å²) < 4.78 is 7.21. The molecule has 0 aliphatic rings. The molecule has 1 heterocycles. The summed E-state index contributed by atoms with van der Waals surface area (Å²) in [4.78, 5) is 0. The lowest BCUT2D eigenvalue weighted by Gasteiger charge is -2.07. The van der Waals surface area contributed by atoms with Crippen molar-refractivity contribution in [1.82, 2.24) is 9.78 Å². The molecule has 3 heteroatoms. The molecule has 0 saturated heterocycles. The first-order chi connectivity index (χ1) is 9.78. The molecule has 2 aromatic carbocycles. The molecule has 20 heavy (non-hydrogen) atoms. The van der Waals surface area contributed by atoms with E-state index in [2.05, 4.69) is 36.3 Å². The van der Waals surface area contributed by atoms with Crippen molar-refractivity contribution in [2.24, 2.45) is 0 Å². The van der Waals surface area contributed by atoms with E-state index in [1.807, 2.05) is 41.3 Å². The molecule has 0 fully saturated rings. The molecular formula is C17H16N2O. The van der Waals surface area contributed by atoms with Crippen molar-refractivity contribution < 1.29 is 4.74 Å². The largest absolute Gasteiger partial charge is 0.494 e. The Kier molecular flexibility index (Phi) is 3.25. The minimum Gasteiger partial charge on any atom is -0.494 e. The second-order valence-electron chi connectivity index (χ2n) is 4.71. The van der Waals surface area contributed by atoms with Crippen LogP contribution in [0, 0.1) is 6.92 Å². The summed E-state index contributed by atoms with van der Waals surface area (Å²) in [6.45, 7) is 2.09. The molecule has 3 rings (SSSR count). The lowest BCUT2D eigenvalue weighted by Crippen LogP contribution is -1.97. The Hall–Kier alpha value is -2.55. The summed E-state index contributed by atoms with van der Waals surface area (Å²) >= 11 is 0. The third-order valence-electron chi connectivity index (χ3n) is 3.30. The van der Waals surface area contributed by atoms with E-state index in [0.29, 0.717) is 0 Å². The van der Waals surface area contributed by atoms with E-state index in [-0.39, 0.29) is 0 Å². The molecule has 100 valence electrons. The zero-order chi connectivity index (χ0) is 13.9. The Morgan fingerprint density at radius 1 is 0.950 bits per heavy atom. The van der Waals surface area contributed by atoms with Gasteiger partial charge in [0.2, 0.25) is 0 Å².